The van der Waals surface area contributed by atoms with E-state index in [4.69, 9.17) is 9.26 Å². The number of rotatable bonds is 4. The number of aromatic amines is 1. The van der Waals surface area contributed by atoms with Crippen LogP contribution in [0.1, 0.15) is 30.1 Å². The van der Waals surface area contributed by atoms with Crippen molar-refractivity contribution in [2.75, 3.05) is 13.7 Å². The van der Waals surface area contributed by atoms with Crippen LogP contribution in [0.25, 0.3) is 0 Å². The fourth-order valence-electron chi connectivity index (χ4n) is 3.46. The van der Waals surface area contributed by atoms with Crippen LogP contribution in [0, 0.1) is 0 Å². The molecule has 7 nitrogen and oxygen atoms in total. The monoisotopic (exact) mass is 400 g/mol. The normalized spacial score (nSPS) is 20.1. The number of likely N-dealkylation sites (tertiary alicyclic amines) is 1. The van der Waals surface area contributed by atoms with Gasteiger partial charge in [0, 0.05) is 24.6 Å². The Bertz CT molecular complexity index is 859. The summed E-state index contributed by atoms with van der Waals surface area (Å²) < 4.78 is 50.8. The summed E-state index contributed by atoms with van der Waals surface area (Å²) in [6.07, 6.45) is -3.69. The number of carbonyl (C=O) groups is 1. The smallest absolute Gasteiger partial charge is 0.453 e. The molecule has 1 amide bonds. The first kappa shape index (κ1) is 19.8. The molecule has 0 bridgehead atoms. The Hall–Kier alpha value is -2.91. The van der Waals surface area contributed by atoms with E-state index < -0.39 is 12.5 Å². The highest BCUT2D eigenvalue weighted by Gasteiger charge is 2.35. The minimum atomic E-state index is -4.75. The lowest BCUT2D eigenvalue weighted by Crippen LogP contribution is -2.46. The number of hydrogen-bond acceptors (Lipinski definition) is 5. The number of amides is 1. The van der Waals surface area contributed by atoms with Crippen molar-refractivity contribution in [3.05, 3.63) is 52.0 Å². The van der Waals surface area contributed by atoms with Gasteiger partial charge in [-0.2, -0.15) is 5.16 Å². The summed E-state index contributed by atoms with van der Waals surface area (Å²) in [5.74, 6) is 0.155. The number of benzene rings is 1. The van der Waals surface area contributed by atoms with Crippen LogP contribution in [0.15, 0.2) is 39.6 Å². The van der Waals surface area contributed by atoms with Gasteiger partial charge in [-0.05, 0) is 37.0 Å². The van der Waals surface area contributed by atoms with E-state index in [1.54, 1.807) is 4.90 Å². The van der Waals surface area contributed by atoms with Gasteiger partial charge in [-0.25, -0.2) is 4.79 Å². The molecule has 0 radical (unpaired) electrons. The quantitative estimate of drug-likeness (QED) is 0.850. The van der Waals surface area contributed by atoms with Crippen molar-refractivity contribution in [2.45, 2.75) is 37.6 Å². The molecule has 3 rings (SSSR count). The highest BCUT2D eigenvalue weighted by atomic mass is 19.4. The first-order chi connectivity index (χ1) is 13.2. The number of alkyl halides is 3. The van der Waals surface area contributed by atoms with E-state index in [0.717, 1.165) is 5.56 Å². The molecule has 1 N–H and O–H groups in total. The van der Waals surface area contributed by atoms with E-state index in [2.05, 4.69) is 9.89 Å². The van der Waals surface area contributed by atoms with Crippen LogP contribution in [-0.2, 0) is 11.2 Å². The molecular formula is C18H19F3N2O5. The standard InChI is InChI=1S/C18H19F3N2O5/c1-26-17(25)23-7-6-12(15-10-16(24)22-28-15)9-13(23)8-11-2-4-14(5-3-11)27-18(19,20)21/h2-5,10,12-13H,6-9H2,1H3,(H,22,24)/t12-,13-/m1/s1. The van der Waals surface area contributed by atoms with Crippen molar-refractivity contribution >= 4 is 6.09 Å². The average molecular weight is 400 g/mol. The number of carbonyl (C=O) groups excluding carboxylic acids is 1. The van der Waals surface area contributed by atoms with Crippen LogP contribution in [0.3, 0.4) is 0 Å². The second-order valence-corrected chi connectivity index (χ2v) is 6.55. The topological polar surface area (TPSA) is 84.8 Å². The molecule has 152 valence electrons. The summed E-state index contributed by atoms with van der Waals surface area (Å²) in [6, 6.07) is 6.64. The predicted molar refractivity (Wildman–Crippen MR) is 91.0 cm³/mol. The van der Waals surface area contributed by atoms with Crippen molar-refractivity contribution in [1.82, 2.24) is 10.1 Å². The van der Waals surface area contributed by atoms with E-state index in [1.807, 2.05) is 0 Å². The summed E-state index contributed by atoms with van der Waals surface area (Å²) in [6.45, 7) is 0.409. The van der Waals surface area contributed by atoms with Gasteiger partial charge in [0.25, 0.3) is 5.56 Å². The zero-order valence-electron chi connectivity index (χ0n) is 15.0. The molecule has 10 heteroatoms. The molecule has 28 heavy (non-hydrogen) atoms. The molecule has 0 unspecified atom stereocenters. The molecule has 1 saturated heterocycles. The molecule has 1 aromatic heterocycles. The lowest BCUT2D eigenvalue weighted by atomic mass is 9.86. The van der Waals surface area contributed by atoms with Crippen LogP contribution in [-0.4, -0.2) is 42.2 Å². The lowest BCUT2D eigenvalue weighted by molar-refractivity contribution is -0.274. The molecule has 0 spiro atoms. The van der Waals surface area contributed by atoms with Gasteiger partial charge in [0.15, 0.2) is 0 Å². The van der Waals surface area contributed by atoms with Crippen molar-refractivity contribution < 1.29 is 32.0 Å². The summed E-state index contributed by atoms with van der Waals surface area (Å²) in [4.78, 5) is 25.0. The Labute approximate surface area is 158 Å². The van der Waals surface area contributed by atoms with Crippen molar-refractivity contribution in [2.24, 2.45) is 0 Å². The van der Waals surface area contributed by atoms with Gasteiger partial charge in [0.2, 0.25) is 0 Å². The highest BCUT2D eigenvalue weighted by molar-refractivity contribution is 5.68. The molecule has 0 saturated carbocycles. The number of nitrogens with zero attached hydrogens (tertiary/aromatic N) is 1. The van der Waals surface area contributed by atoms with Crippen LogP contribution >= 0.6 is 0 Å². The Morgan fingerprint density at radius 3 is 2.61 bits per heavy atom. The molecular weight excluding hydrogens is 381 g/mol. The largest absolute Gasteiger partial charge is 0.573 e. The highest BCUT2D eigenvalue weighted by Crippen LogP contribution is 2.33. The number of halogens is 3. The molecule has 1 aliphatic heterocycles. The van der Waals surface area contributed by atoms with Gasteiger partial charge in [0.05, 0.1) is 7.11 Å². The average Bonchev–Trinajstić information content (AvgIpc) is 3.08. The zero-order valence-corrected chi connectivity index (χ0v) is 15.0. The van der Waals surface area contributed by atoms with E-state index in [-0.39, 0.29) is 23.3 Å². The second kappa shape index (κ2) is 7.99. The van der Waals surface area contributed by atoms with Crippen LogP contribution in [0.2, 0.25) is 0 Å². The number of piperidine rings is 1. The summed E-state index contributed by atoms with van der Waals surface area (Å²) in [7, 11) is 1.29. The number of methoxy groups -OCH3 is 1. The first-order valence-corrected chi connectivity index (χ1v) is 8.63. The SMILES string of the molecule is COC(=O)N1CC[C@@H](c2cc(=O)[nH]o2)C[C@H]1Cc1ccc(OC(F)(F)F)cc1. The van der Waals surface area contributed by atoms with Gasteiger partial charge in [-0.1, -0.05) is 12.1 Å². The summed E-state index contributed by atoms with van der Waals surface area (Å²) in [5, 5.41) is 2.26. The first-order valence-electron chi connectivity index (χ1n) is 8.63. The Morgan fingerprint density at radius 1 is 1.32 bits per heavy atom. The van der Waals surface area contributed by atoms with Gasteiger partial charge in [-0.15, -0.1) is 13.2 Å². The predicted octanol–water partition coefficient (Wildman–Crippen LogP) is 3.42. The van der Waals surface area contributed by atoms with Gasteiger partial charge in [0.1, 0.15) is 11.5 Å². The maximum atomic E-state index is 12.3. The third-order valence-electron chi connectivity index (χ3n) is 4.70. The van der Waals surface area contributed by atoms with Crippen LogP contribution < -0.4 is 10.3 Å². The third kappa shape index (κ3) is 4.87. The molecule has 1 aliphatic rings. The third-order valence-corrected chi connectivity index (χ3v) is 4.70. The Balaban J connectivity index is 1.74. The van der Waals surface area contributed by atoms with Gasteiger partial charge < -0.3 is 18.9 Å². The minimum absolute atomic E-state index is 0.0577. The van der Waals surface area contributed by atoms with Crippen molar-refractivity contribution in [1.29, 1.82) is 0 Å². The molecule has 2 atom stereocenters. The molecule has 2 heterocycles. The molecule has 2 aromatic rings. The number of H-pyrrole nitrogens is 1. The number of hydrogen-bond donors (Lipinski definition) is 1. The van der Waals surface area contributed by atoms with E-state index in [9.17, 15) is 22.8 Å². The lowest BCUT2D eigenvalue weighted by Gasteiger charge is -2.38. The minimum Gasteiger partial charge on any atom is -0.453 e. The fraction of sp³-hybridized carbons (Fsp3) is 0.444. The maximum Gasteiger partial charge on any atom is 0.573 e. The fourth-order valence-corrected chi connectivity index (χ4v) is 3.46. The van der Waals surface area contributed by atoms with Gasteiger partial charge in [-0.3, -0.25) is 4.79 Å². The van der Waals surface area contributed by atoms with Crippen LogP contribution in [0.5, 0.6) is 5.75 Å². The summed E-state index contributed by atoms with van der Waals surface area (Å²) >= 11 is 0. The Morgan fingerprint density at radius 2 is 2.04 bits per heavy atom. The summed E-state index contributed by atoms with van der Waals surface area (Å²) in [5.41, 5.74) is 0.409. The van der Waals surface area contributed by atoms with Crippen molar-refractivity contribution in [3.8, 4) is 5.75 Å². The molecule has 1 aromatic carbocycles. The van der Waals surface area contributed by atoms with E-state index in [0.29, 0.717) is 31.6 Å². The van der Waals surface area contributed by atoms with E-state index >= 15 is 0 Å². The number of ether oxygens (including phenoxy) is 2. The number of aromatic nitrogens is 1. The number of nitrogens with one attached hydrogen (secondary N) is 1. The molecule has 0 aliphatic carbocycles. The zero-order chi connectivity index (χ0) is 20.3. The maximum absolute atomic E-state index is 12.3. The van der Waals surface area contributed by atoms with Crippen LogP contribution in [0.4, 0.5) is 18.0 Å². The van der Waals surface area contributed by atoms with Crippen molar-refractivity contribution in [3.63, 3.8) is 0 Å². The second-order valence-electron chi connectivity index (χ2n) is 6.55. The van der Waals surface area contributed by atoms with E-state index in [1.165, 1.54) is 37.4 Å². The molecule has 1 fully saturated rings. The van der Waals surface area contributed by atoms with Gasteiger partial charge >= 0.3 is 12.5 Å². The Kier molecular flexibility index (Phi) is 5.66.